The van der Waals surface area contributed by atoms with Crippen molar-refractivity contribution in [3.05, 3.63) is 17.7 Å². The van der Waals surface area contributed by atoms with E-state index in [9.17, 15) is 4.79 Å². The van der Waals surface area contributed by atoms with Crippen LogP contribution in [-0.2, 0) is 16.1 Å². The summed E-state index contributed by atoms with van der Waals surface area (Å²) in [6.07, 6.45) is 1.04. The molecule has 24 heavy (non-hydrogen) atoms. The van der Waals surface area contributed by atoms with Crippen LogP contribution in [0, 0.1) is 0 Å². The number of nitrogens with two attached hydrogens (primary N) is 1. The molecule has 0 aliphatic carbocycles. The quantitative estimate of drug-likeness (QED) is 0.793. The Hall–Kier alpha value is -1.70. The summed E-state index contributed by atoms with van der Waals surface area (Å²) in [5, 5.41) is 2.88. The van der Waals surface area contributed by atoms with Crippen molar-refractivity contribution in [1.29, 1.82) is 0 Å². The average Bonchev–Trinajstić information content (AvgIpc) is 2.59. The van der Waals surface area contributed by atoms with E-state index in [4.69, 9.17) is 24.7 Å². The van der Waals surface area contributed by atoms with Gasteiger partial charge in [-0.2, -0.15) is 0 Å². The van der Waals surface area contributed by atoms with Gasteiger partial charge in [0.1, 0.15) is 0 Å². The molecule has 8 heteroatoms. The van der Waals surface area contributed by atoms with E-state index in [-0.39, 0.29) is 18.3 Å². The first-order chi connectivity index (χ1) is 11.0. The van der Waals surface area contributed by atoms with Crippen molar-refractivity contribution in [2.45, 2.75) is 24.9 Å². The van der Waals surface area contributed by atoms with Crippen molar-refractivity contribution in [1.82, 2.24) is 5.32 Å². The zero-order valence-corrected chi connectivity index (χ0v) is 15.0. The molecule has 1 saturated heterocycles. The number of amides is 1. The van der Waals surface area contributed by atoms with Crippen LogP contribution in [0.4, 0.5) is 0 Å². The van der Waals surface area contributed by atoms with Gasteiger partial charge in [0, 0.05) is 19.8 Å². The van der Waals surface area contributed by atoms with Crippen molar-refractivity contribution in [2.24, 2.45) is 5.73 Å². The Kier molecular flexibility index (Phi) is 7.59. The maximum absolute atomic E-state index is 12.3. The minimum Gasteiger partial charge on any atom is -0.493 e. The molecule has 1 fully saturated rings. The predicted octanol–water partition coefficient (Wildman–Crippen LogP) is 1.26. The second-order valence-corrected chi connectivity index (χ2v) is 5.48. The minimum absolute atomic E-state index is 0. The first-order valence-electron chi connectivity index (χ1n) is 7.48. The van der Waals surface area contributed by atoms with Gasteiger partial charge in [-0.05, 0) is 30.5 Å². The van der Waals surface area contributed by atoms with E-state index in [1.807, 2.05) is 0 Å². The van der Waals surface area contributed by atoms with Crippen LogP contribution >= 0.6 is 12.4 Å². The molecule has 1 aromatic rings. The molecule has 136 valence electrons. The lowest BCUT2D eigenvalue weighted by atomic mass is 9.90. The van der Waals surface area contributed by atoms with Crippen LogP contribution in [0.2, 0.25) is 0 Å². The predicted molar refractivity (Wildman–Crippen MR) is 92.2 cm³/mol. The second kappa shape index (κ2) is 8.96. The summed E-state index contributed by atoms with van der Waals surface area (Å²) in [4.78, 5) is 12.3. The molecular weight excluding hydrogens is 336 g/mol. The maximum Gasteiger partial charge on any atom is 0.240 e. The number of carbonyl (C=O) groups excluding carboxylic acids is 1. The van der Waals surface area contributed by atoms with Crippen LogP contribution in [0.25, 0.3) is 0 Å². The van der Waals surface area contributed by atoms with E-state index in [1.54, 1.807) is 33.5 Å². The van der Waals surface area contributed by atoms with Crippen LogP contribution in [0.1, 0.15) is 18.4 Å². The fourth-order valence-corrected chi connectivity index (χ4v) is 2.56. The van der Waals surface area contributed by atoms with Crippen LogP contribution in [0.15, 0.2) is 12.1 Å². The number of rotatable bonds is 6. The zero-order chi connectivity index (χ0) is 16.9. The van der Waals surface area contributed by atoms with Gasteiger partial charge in [-0.15, -0.1) is 12.4 Å². The highest BCUT2D eigenvalue weighted by molar-refractivity contribution is 5.86. The molecule has 1 aromatic carbocycles. The van der Waals surface area contributed by atoms with Crippen molar-refractivity contribution in [3.63, 3.8) is 0 Å². The van der Waals surface area contributed by atoms with Crippen molar-refractivity contribution in [2.75, 3.05) is 34.5 Å². The molecule has 0 bridgehead atoms. The second-order valence-electron chi connectivity index (χ2n) is 5.48. The van der Waals surface area contributed by atoms with Crippen LogP contribution in [0.3, 0.4) is 0 Å². The number of hydrogen-bond donors (Lipinski definition) is 2. The van der Waals surface area contributed by atoms with E-state index in [2.05, 4.69) is 5.32 Å². The largest absolute Gasteiger partial charge is 0.493 e. The van der Waals surface area contributed by atoms with E-state index < -0.39 is 5.54 Å². The molecule has 1 heterocycles. The zero-order valence-electron chi connectivity index (χ0n) is 14.2. The number of halogens is 1. The van der Waals surface area contributed by atoms with Crippen molar-refractivity contribution < 1.29 is 23.7 Å². The molecule has 2 rings (SSSR count). The molecule has 0 spiro atoms. The summed E-state index contributed by atoms with van der Waals surface area (Å²) >= 11 is 0. The Morgan fingerprint density at radius 3 is 2.17 bits per heavy atom. The molecular formula is C16H25ClN2O5. The van der Waals surface area contributed by atoms with E-state index in [1.165, 1.54) is 0 Å². The number of hydrogen-bond acceptors (Lipinski definition) is 6. The fourth-order valence-electron chi connectivity index (χ4n) is 2.56. The Balaban J connectivity index is 0.00000288. The lowest BCUT2D eigenvalue weighted by Crippen LogP contribution is -2.56. The van der Waals surface area contributed by atoms with Gasteiger partial charge in [-0.1, -0.05) is 0 Å². The molecule has 7 nitrogen and oxygen atoms in total. The van der Waals surface area contributed by atoms with Gasteiger partial charge < -0.3 is 30.0 Å². The van der Waals surface area contributed by atoms with Gasteiger partial charge in [0.05, 0.1) is 26.9 Å². The Morgan fingerprint density at radius 1 is 1.17 bits per heavy atom. The van der Waals surface area contributed by atoms with Gasteiger partial charge in [-0.3, -0.25) is 4.79 Å². The van der Waals surface area contributed by atoms with Gasteiger partial charge in [0.15, 0.2) is 11.5 Å². The molecule has 0 atom stereocenters. The van der Waals surface area contributed by atoms with Gasteiger partial charge in [-0.25, -0.2) is 0 Å². The fraction of sp³-hybridized carbons (Fsp3) is 0.562. The van der Waals surface area contributed by atoms with E-state index >= 15 is 0 Å². The van der Waals surface area contributed by atoms with Gasteiger partial charge in [0.2, 0.25) is 11.7 Å². The highest BCUT2D eigenvalue weighted by Gasteiger charge is 2.35. The maximum atomic E-state index is 12.3. The summed E-state index contributed by atoms with van der Waals surface area (Å²) in [5.41, 5.74) is 6.14. The lowest BCUT2D eigenvalue weighted by Gasteiger charge is -2.31. The molecule has 1 aliphatic rings. The molecule has 1 amide bonds. The van der Waals surface area contributed by atoms with Gasteiger partial charge >= 0.3 is 0 Å². The smallest absolute Gasteiger partial charge is 0.240 e. The number of nitrogens with one attached hydrogen (secondary N) is 1. The SMILES string of the molecule is COc1cc(CNC(=O)C2(N)CCOCC2)cc(OC)c1OC.Cl. The molecule has 0 aromatic heterocycles. The summed E-state index contributed by atoms with van der Waals surface area (Å²) < 4.78 is 21.1. The number of benzene rings is 1. The highest BCUT2D eigenvalue weighted by Crippen LogP contribution is 2.38. The molecule has 0 radical (unpaired) electrons. The minimum atomic E-state index is -0.862. The van der Waals surface area contributed by atoms with Gasteiger partial charge in [0.25, 0.3) is 0 Å². The molecule has 3 N–H and O–H groups in total. The number of methoxy groups -OCH3 is 3. The topological polar surface area (TPSA) is 92.0 Å². The lowest BCUT2D eigenvalue weighted by molar-refractivity contribution is -0.129. The van der Waals surface area contributed by atoms with Crippen LogP contribution < -0.4 is 25.3 Å². The average molecular weight is 361 g/mol. The summed E-state index contributed by atoms with van der Waals surface area (Å²) in [5.74, 6) is 1.44. The standard InChI is InChI=1S/C16H24N2O5.ClH/c1-20-12-8-11(9-13(21-2)14(12)22-3)10-18-15(19)16(17)4-6-23-7-5-16;/h8-9H,4-7,10,17H2,1-3H3,(H,18,19);1H. The number of carbonyl (C=O) groups is 1. The van der Waals surface area contributed by atoms with E-state index in [0.717, 1.165) is 5.56 Å². The molecule has 0 unspecified atom stereocenters. The Morgan fingerprint density at radius 2 is 1.71 bits per heavy atom. The Labute approximate surface area is 148 Å². The Bertz CT molecular complexity index is 536. The normalized spacial score (nSPS) is 15.8. The van der Waals surface area contributed by atoms with E-state index in [0.29, 0.717) is 49.8 Å². The molecule has 1 aliphatic heterocycles. The number of ether oxygens (including phenoxy) is 4. The van der Waals surface area contributed by atoms with Crippen LogP contribution in [-0.4, -0.2) is 46.0 Å². The molecule has 0 saturated carbocycles. The van der Waals surface area contributed by atoms with Crippen molar-refractivity contribution >= 4 is 18.3 Å². The first-order valence-corrected chi connectivity index (χ1v) is 7.48. The third-order valence-electron chi connectivity index (χ3n) is 4.01. The summed E-state index contributed by atoms with van der Waals surface area (Å²) in [6, 6.07) is 3.60. The van der Waals surface area contributed by atoms with Crippen molar-refractivity contribution in [3.8, 4) is 17.2 Å². The summed E-state index contributed by atoms with van der Waals surface area (Å²) in [7, 11) is 4.65. The van der Waals surface area contributed by atoms with Crippen LogP contribution in [0.5, 0.6) is 17.2 Å². The highest BCUT2D eigenvalue weighted by atomic mass is 35.5. The monoisotopic (exact) mass is 360 g/mol. The third kappa shape index (κ3) is 4.43. The first kappa shape index (κ1) is 20.3. The summed E-state index contributed by atoms with van der Waals surface area (Å²) in [6.45, 7) is 1.34. The third-order valence-corrected chi connectivity index (χ3v) is 4.01.